The number of aromatic hydroxyl groups is 1. The van der Waals surface area contributed by atoms with Gasteiger partial charge in [-0.3, -0.25) is 4.98 Å². The number of hydrogen-bond acceptors (Lipinski definition) is 7. The van der Waals surface area contributed by atoms with Crippen molar-refractivity contribution >= 4 is 27.0 Å². The first-order valence-corrected chi connectivity index (χ1v) is 9.44. The van der Waals surface area contributed by atoms with Crippen molar-refractivity contribution in [2.45, 2.75) is 13.3 Å². The molecule has 3 aromatic heterocycles. The molecule has 0 aliphatic heterocycles. The van der Waals surface area contributed by atoms with Gasteiger partial charge < -0.3 is 19.6 Å². The number of phenolic OH excluding ortho intramolecular Hbond substituents is 1. The lowest BCUT2D eigenvalue weighted by Crippen LogP contribution is -1.97. The number of rotatable bonds is 5. The molecule has 144 valence electrons. The molecule has 0 saturated carbocycles. The molecule has 0 radical (unpaired) electrons. The molecule has 0 aliphatic rings. The van der Waals surface area contributed by atoms with Crippen molar-refractivity contribution in [3.8, 4) is 35.2 Å². The highest BCUT2D eigenvalue weighted by Crippen LogP contribution is 2.38. The summed E-state index contributed by atoms with van der Waals surface area (Å²) in [5.74, 6) is 0.869. The predicted molar refractivity (Wildman–Crippen MR) is 108 cm³/mol. The predicted octanol–water partition coefficient (Wildman–Crippen LogP) is 4.84. The van der Waals surface area contributed by atoms with E-state index in [9.17, 15) is 5.11 Å². The van der Waals surface area contributed by atoms with Gasteiger partial charge in [-0.25, -0.2) is 0 Å². The van der Waals surface area contributed by atoms with Crippen LogP contribution in [0.4, 0.5) is 0 Å². The SMILES string of the molecule is CCc1[nH]c2nc(Oc3cccnc3)nc(Oc3cc(O)cc(C#N)c3)c2c1Br. The van der Waals surface area contributed by atoms with E-state index in [1.807, 2.05) is 13.0 Å². The Balaban J connectivity index is 1.83. The van der Waals surface area contributed by atoms with E-state index in [-0.39, 0.29) is 29.0 Å². The summed E-state index contributed by atoms with van der Waals surface area (Å²) >= 11 is 3.57. The fourth-order valence-electron chi connectivity index (χ4n) is 2.75. The third-order valence-electron chi connectivity index (χ3n) is 4.04. The quantitative estimate of drug-likeness (QED) is 0.445. The van der Waals surface area contributed by atoms with Gasteiger partial charge in [-0.1, -0.05) is 6.92 Å². The Morgan fingerprint density at radius 3 is 2.79 bits per heavy atom. The standard InChI is InChI=1S/C20H14BrN5O3/c1-2-15-17(21)16-18(24-15)25-20(29-13-4-3-5-23-10-13)26-19(16)28-14-7-11(9-22)6-12(27)8-14/h3-8,10,27H,2H2,1H3,(H,24,25,26). The van der Waals surface area contributed by atoms with Gasteiger partial charge in [0.15, 0.2) is 0 Å². The number of pyridine rings is 1. The van der Waals surface area contributed by atoms with Gasteiger partial charge in [0.1, 0.15) is 22.9 Å². The third kappa shape index (κ3) is 3.83. The molecule has 0 fully saturated rings. The van der Waals surface area contributed by atoms with E-state index in [0.717, 1.165) is 16.6 Å². The second kappa shape index (κ2) is 7.77. The molecule has 1 aromatic carbocycles. The van der Waals surface area contributed by atoms with Crippen LogP contribution in [0.2, 0.25) is 0 Å². The lowest BCUT2D eigenvalue weighted by molar-refractivity contribution is 0.413. The van der Waals surface area contributed by atoms with E-state index < -0.39 is 0 Å². The zero-order chi connectivity index (χ0) is 20.4. The van der Waals surface area contributed by atoms with Gasteiger partial charge in [0.2, 0.25) is 5.88 Å². The van der Waals surface area contributed by atoms with Crippen molar-refractivity contribution in [2.75, 3.05) is 0 Å². The van der Waals surface area contributed by atoms with Crippen LogP contribution in [0.25, 0.3) is 11.0 Å². The lowest BCUT2D eigenvalue weighted by Gasteiger charge is -2.09. The molecule has 3 heterocycles. The number of halogens is 1. The first-order valence-electron chi connectivity index (χ1n) is 8.65. The van der Waals surface area contributed by atoms with Crippen LogP contribution >= 0.6 is 15.9 Å². The monoisotopic (exact) mass is 451 g/mol. The molecule has 29 heavy (non-hydrogen) atoms. The number of fused-ring (bicyclic) bond motifs is 1. The molecule has 9 heteroatoms. The van der Waals surface area contributed by atoms with E-state index in [0.29, 0.717) is 16.8 Å². The minimum Gasteiger partial charge on any atom is -0.508 e. The van der Waals surface area contributed by atoms with Crippen molar-refractivity contribution in [2.24, 2.45) is 0 Å². The van der Waals surface area contributed by atoms with Crippen LogP contribution in [0.5, 0.6) is 29.1 Å². The molecule has 0 spiro atoms. The molecule has 0 atom stereocenters. The van der Waals surface area contributed by atoms with Gasteiger partial charge in [0.25, 0.3) is 0 Å². The van der Waals surface area contributed by atoms with Crippen LogP contribution in [0, 0.1) is 11.3 Å². The number of aryl methyl sites for hydroxylation is 1. The number of benzene rings is 1. The Labute approximate surface area is 173 Å². The molecular weight excluding hydrogens is 438 g/mol. The van der Waals surface area contributed by atoms with Crippen molar-refractivity contribution in [3.05, 3.63) is 58.5 Å². The lowest BCUT2D eigenvalue weighted by atomic mass is 10.2. The second-order valence-electron chi connectivity index (χ2n) is 6.03. The van der Waals surface area contributed by atoms with Gasteiger partial charge in [-0.15, -0.1) is 0 Å². The third-order valence-corrected chi connectivity index (χ3v) is 4.92. The second-order valence-corrected chi connectivity index (χ2v) is 6.82. The number of nitrogens with one attached hydrogen (secondary N) is 1. The van der Waals surface area contributed by atoms with Crippen LogP contribution in [0.15, 0.2) is 47.2 Å². The van der Waals surface area contributed by atoms with Gasteiger partial charge in [0, 0.05) is 18.0 Å². The number of H-pyrrole nitrogens is 1. The summed E-state index contributed by atoms with van der Waals surface area (Å²) in [6, 6.07) is 9.78. The largest absolute Gasteiger partial charge is 0.508 e. The fraction of sp³-hybridized carbons (Fsp3) is 0.100. The van der Waals surface area contributed by atoms with Gasteiger partial charge >= 0.3 is 6.01 Å². The number of nitrogens with zero attached hydrogens (tertiary/aromatic N) is 4. The number of ether oxygens (including phenoxy) is 2. The Hall–Kier alpha value is -3.64. The summed E-state index contributed by atoms with van der Waals surface area (Å²) < 4.78 is 12.4. The van der Waals surface area contributed by atoms with Crippen molar-refractivity contribution in [1.29, 1.82) is 5.26 Å². The summed E-state index contributed by atoms with van der Waals surface area (Å²) in [7, 11) is 0. The fourth-order valence-corrected chi connectivity index (χ4v) is 3.49. The van der Waals surface area contributed by atoms with E-state index >= 15 is 0 Å². The number of hydrogen-bond donors (Lipinski definition) is 2. The highest BCUT2D eigenvalue weighted by Gasteiger charge is 2.19. The topological polar surface area (TPSA) is 117 Å². The maximum atomic E-state index is 9.85. The summed E-state index contributed by atoms with van der Waals surface area (Å²) in [5.41, 5.74) is 1.71. The molecule has 0 amide bonds. The number of aromatic nitrogens is 4. The Kier molecular flexibility index (Phi) is 5.01. The van der Waals surface area contributed by atoms with E-state index in [1.165, 1.54) is 18.2 Å². The van der Waals surface area contributed by atoms with E-state index in [1.54, 1.807) is 24.5 Å². The van der Waals surface area contributed by atoms with Crippen LogP contribution in [0.1, 0.15) is 18.2 Å². The minimum absolute atomic E-state index is 0.0672. The molecule has 0 bridgehead atoms. The van der Waals surface area contributed by atoms with Crippen molar-refractivity contribution in [3.63, 3.8) is 0 Å². The molecule has 0 aliphatic carbocycles. The minimum atomic E-state index is -0.0847. The first-order chi connectivity index (χ1) is 14.1. The Bertz CT molecular complexity index is 1230. The zero-order valence-corrected chi connectivity index (χ0v) is 16.8. The van der Waals surface area contributed by atoms with Crippen LogP contribution in [0.3, 0.4) is 0 Å². The van der Waals surface area contributed by atoms with E-state index in [2.05, 4.69) is 35.9 Å². The molecule has 8 nitrogen and oxygen atoms in total. The molecule has 4 aromatic rings. The average molecular weight is 452 g/mol. The smallest absolute Gasteiger partial charge is 0.327 e. The summed E-state index contributed by atoms with van der Waals surface area (Å²) in [6.45, 7) is 2.00. The molecule has 0 saturated heterocycles. The molecular formula is C20H14BrN5O3. The van der Waals surface area contributed by atoms with Crippen molar-refractivity contribution < 1.29 is 14.6 Å². The number of nitriles is 1. The van der Waals surface area contributed by atoms with Gasteiger partial charge in [-0.05, 0) is 46.6 Å². The van der Waals surface area contributed by atoms with E-state index in [4.69, 9.17) is 14.7 Å². The molecule has 0 unspecified atom stereocenters. The Morgan fingerprint density at radius 2 is 2.07 bits per heavy atom. The van der Waals surface area contributed by atoms with Gasteiger partial charge in [-0.2, -0.15) is 15.2 Å². The maximum absolute atomic E-state index is 9.85. The van der Waals surface area contributed by atoms with Crippen LogP contribution < -0.4 is 9.47 Å². The van der Waals surface area contributed by atoms with Gasteiger partial charge in [0.05, 0.1) is 27.7 Å². The van der Waals surface area contributed by atoms with Crippen molar-refractivity contribution in [1.82, 2.24) is 19.9 Å². The van der Waals surface area contributed by atoms with Crippen LogP contribution in [-0.4, -0.2) is 25.0 Å². The Morgan fingerprint density at radius 1 is 1.21 bits per heavy atom. The maximum Gasteiger partial charge on any atom is 0.327 e. The molecule has 4 rings (SSSR count). The number of aromatic amines is 1. The normalized spacial score (nSPS) is 10.7. The molecule has 2 N–H and O–H groups in total. The first kappa shape index (κ1) is 18.7. The summed E-state index contributed by atoms with van der Waals surface area (Å²) in [4.78, 5) is 16.0. The highest BCUT2D eigenvalue weighted by atomic mass is 79.9. The summed E-state index contributed by atoms with van der Waals surface area (Å²) in [5, 5.41) is 19.6. The number of phenols is 1. The highest BCUT2D eigenvalue weighted by molar-refractivity contribution is 9.10. The average Bonchev–Trinajstić information content (AvgIpc) is 3.04. The summed E-state index contributed by atoms with van der Waals surface area (Å²) in [6.07, 6.45) is 3.92. The zero-order valence-electron chi connectivity index (χ0n) is 15.2. The van der Waals surface area contributed by atoms with Crippen LogP contribution in [-0.2, 0) is 6.42 Å².